The maximum atomic E-state index is 11.1. The Labute approximate surface area is 132 Å². The molecule has 0 aliphatic carbocycles. The van der Waals surface area contributed by atoms with E-state index in [-0.39, 0.29) is 15.9 Å². The minimum Gasteiger partial charge on any atom is -0.478 e. The van der Waals surface area contributed by atoms with Crippen LogP contribution in [0.25, 0.3) is 0 Å². The first kappa shape index (κ1) is 15.5. The first-order valence-corrected chi connectivity index (χ1v) is 7.02. The van der Waals surface area contributed by atoms with Crippen LogP contribution in [0.1, 0.15) is 22.8 Å². The Morgan fingerprint density at radius 1 is 1.33 bits per heavy atom. The number of anilines is 1. The summed E-state index contributed by atoms with van der Waals surface area (Å²) in [7, 11) is 0. The van der Waals surface area contributed by atoms with Crippen molar-refractivity contribution < 1.29 is 9.90 Å². The number of aromatic carboxylic acids is 1. The quantitative estimate of drug-likeness (QED) is 0.852. The van der Waals surface area contributed by atoms with E-state index >= 15 is 0 Å². The van der Waals surface area contributed by atoms with Crippen molar-refractivity contribution in [1.29, 1.82) is 0 Å². The lowest BCUT2D eigenvalue weighted by Crippen LogP contribution is -2.23. The second-order valence-corrected chi connectivity index (χ2v) is 5.06. The van der Waals surface area contributed by atoms with Crippen molar-refractivity contribution in [2.75, 3.05) is 11.4 Å². The lowest BCUT2D eigenvalue weighted by Gasteiger charge is -2.22. The molecule has 0 saturated carbocycles. The lowest BCUT2D eigenvalue weighted by molar-refractivity contribution is 0.0697. The van der Waals surface area contributed by atoms with E-state index in [0.29, 0.717) is 18.9 Å². The molecule has 0 fully saturated rings. The van der Waals surface area contributed by atoms with E-state index in [4.69, 9.17) is 28.3 Å². The van der Waals surface area contributed by atoms with E-state index in [9.17, 15) is 4.79 Å². The van der Waals surface area contributed by atoms with Gasteiger partial charge in [-0.2, -0.15) is 0 Å². The molecule has 5 nitrogen and oxygen atoms in total. The van der Waals surface area contributed by atoms with Crippen LogP contribution in [0.3, 0.4) is 0 Å². The Morgan fingerprint density at radius 2 is 2.10 bits per heavy atom. The number of carboxylic acids is 1. The van der Waals surface area contributed by atoms with Crippen LogP contribution in [0.5, 0.6) is 0 Å². The average molecular weight is 326 g/mol. The molecule has 0 spiro atoms. The van der Waals surface area contributed by atoms with Crippen LogP contribution in [0, 0.1) is 0 Å². The van der Waals surface area contributed by atoms with E-state index in [1.807, 2.05) is 11.8 Å². The van der Waals surface area contributed by atoms with Crippen molar-refractivity contribution >= 4 is 35.0 Å². The molecule has 110 valence electrons. The molecule has 1 aromatic carbocycles. The van der Waals surface area contributed by atoms with Crippen LogP contribution < -0.4 is 4.90 Å². The van der Waals surface area contributed by atoms with E-state index in [1.54, 1.807) is 30.5 Å². The number of nitrogens with zero attached hydrogens (tertiary/aromatic N) is 3. The zero-order valence-electron chi connectivity index (χ0n) is 11.3. The summed E-state index contributed by atoms with van der Waals surface area (Å²) in [5.74, 6) is -0.362. The van der Waals surface area contributed by atoms with E-state index in [0.717, 1.165) is 5.56 Å². The third-order valence-electron chi connectivity index (χ3n) is 2.95. The molecule has 0 atom stereocenters. The van der Waals surface area contributed by atoms with Crippen LogP contribution in [-0.4, -0.2) is 27.6 Å². The molecule has 0 aliphatic rings. The second kappa shape index (κ2) is 6.74. The van der Waals surface area contributed by atoms with Crippen molar-refractivity contribution in [2.45, 2.75) is 13.5 Å². The SMILES string of the molecule is CCN(Cc1ccc(Cl)c(C(=O)O)c1)c1ccnc(Cl)n1. The summed E-state index contributed by atoms with van der Waals surface area (Å²) in [5.41, 5.74) is 0.916. The highest BCUT2D eigenvalue weighted by molar-refractivity contribution is 6.33. The number of halogens is 2. The van der Waals surface area contributed by atoms with Gasteiger partial charge in [0.2, 0.25) is 5.28 Å². The molecule has 21 heavy (non-hydrogen) atoms. The minimum atomic E-state index is -1.05. The lowest BCUT2D eigenvalue weighted by atomic mass is 10.1. The van der Waals surface area contributed by atoms with Gasteiger partial charge in [0.15, 0.2) is 0 Å². The molecule has 0 radical (unpaired) electrons. The smallest absolute Gasteiger partial charge is 0.337 e. The number of rotatable bonds is 5. The van der Waals surface area contributed by atoms with Gasteiger partial charge < -0.3 is 10.0 Å². The van der Waals surface area contributed by atoms with E-state index in [2.05, 4.69) is 9.97 Å². The zero-order valence-corrected chi connectivity index (χ0v) is 12.8. The molecule has 2 rings (SSSR count). The van der Waals surface area contributed by atoms with Crippen LogP contribution in [0.15, 0.2) is 30.5 Å². The zero-order chi connectivity index (χ0) is 15.4. The van der Waals surface area contributed by atoms with Gasteiger partial charge in [0.1, 0.15) is 5.82 Å². The standard InChI is InChI=1S/C14H13Cl2N3O2/c1-2-19(12-5-6-17-14(16)18-12)8-9-3-4-11(15)10(7-9)13(20)21/h3-7H,2,8H2,1H3,(H,20,21). The fraction of sp³-hybridized carbons (Fsp3) is 0.214. The van der Waals surface area contributed by atoms with Gasteiger partial charge in [-0.25, -0.2) is 14.8 Å². The molecular formula is C14H13Cl2N3O2. The number of benzene rings is 1. The van der Waals surface area contributed by atoms with E-state index < -0.39 is 5.97 Å². The van der Waals surface area contributed by atoms with Gasteiger partial charge in [0.25, 0.3) is 0 Å². The first-order valence-electron chi connectivity index (χ1n) is 6.26. The Kier molecular flexibility index (Phi) is 4.98. The van der Waals surface area contributed by atoms with Gasteiger partial charge in [-0.15, -0.1) is 0 Å². The third-order valence-corrected chi connectivity index (χ3v) is 3.46. The van der Waals surface area contributed by atoms with Crippen molar-refractivity contribution in [2.24, 2.45) is 0 Å². The fourth-order valence-electron chi connectivity index (χ4n) is 1.91. The van der Waals surface area contributed by atoms with Gasteiger partial charge in [0, 0.05) is 19.3 Å². The third kappa shape index (κ3) is 3.83. The monoisotopic (exact) mass is 325 g/mol. The summed E-state index contributed by atoms with van der Waals surface area (Å²) in [6.07, 6.45) is 1.58. The average Bonchev–Trinajstić information content (AvgIpc) is 2.46. The molecule has 0 unspecified atom stereocenters. The molecule has 0 amide bonds. The molecule has 1 aromatic heterocycles. The second-order valence-electron chi connectivity index (χ2n) is 4.32. The normalized spacial score (nSPS) is 10.4. The van der Waals surface area contributed by atoms with Gasteiger partial charge in [-0.1, -0.05) is 17.7 Å². The Morgan fingerprint density at radius 3 is 2.71 bits per heavy atom. The van der Waals surface area contributed by atoms with Crippen LogP contribution in [0.4, 0.5) is 5.82 Å². The Bertz CT molecular complexity index is 664. The molecule has 2 aromatic rings. The summed E-state index contributed by atoms with van der Waals surface area (Å²) in [4.78, 5) is 21.1. The highest BCUT2D eigenvalue weighted by Crippen LogP contribution is 2.21. The molecule has 7 heteroatoms. The predicted molar refractivity (Wildman–Crippen MR) is 82.2 cm³/mol. The topological polar surface area (TPSA) is 66.3 Å². The van der Waals surface area contributed by atoms with Crippen LogP contribution in [-0.2, 0) is 6.54 Å². The molecule has 0 bridgehead atoms. The van der Waals surface area contributed by atoms with Gasteiger partial charge >= 0.3 is 5.97 Å². The number of hydrogen-bond acceptors (Lipinski definition) is 4. The largest absolute Gasteiger partial charge is 0.478 e. The van der Waals surface area contributed by atoms with Crippen molar-refractivity contribution in [3.05, 3.63) is 51.9 Å². The van der Waals surface area contributed by atoms with Crippen molar-refractivity contribution in [3.8, 4) is 0 Å². The molecule has 0 aliphatic heterocycles. The summed E-state index contributed by atoms with van der Waals surface area (Å²) >= 11 is 11.7. The summed E-state index contributed by atoms with van der Waals surface area (Å²) in [6, 6.07) is 6.70. The predicted octanol–water partition coefficient (Wildman–Crippen LogP) is 3.51. The maximum Gasteiger partial charge on any atom is 0.337 e. The number of hydrogen-bond donors (Lipinski definition) is 1. The van der Waals surface area contributed by atoms with Gasteiger partial charge in [-0.05, 0) is 42.3 Å². The van der Waals surface area contributed by atoms with Crippen LogP contribution >= 0.6 is 23.2 Å². The number of aromatic nitrogens is 2. The number of carbonyl (C=O) groups is 1. The van der Waals surface area contributed by atoms with Crippen molar-refractivity contribution in [1.82, 2.24) is 9.97 Å². The first-order chi connectivity index (χ1) is 10.0. The summed E-state index contributed by atoms with van der Waals surface area (Å²) in [6.45, 7) is 3.17. The molecule has 0 saturated heterocycles. The van der Waals surface area contributed by atoms with Crippen LogP contribution in [0.2, 0.25) is 10.3 Å². The minimum absolute atomic E-state index is 0.0888. The summed E-state index contributed by atoms with van der Waals surface area (Å²) < 4.78 is 0. The molecule has 1 heterocycles. The highest BCUT2D eigenvalue weighted by Gasteiger charge is 2.12. The van der Waals surface area contributed by atoms with Gasteiger partial charge in [-0.3, -0.25) is 0 Å². The highest BCUT2D eigenvalue weighted by atomic mass is 35.5. The molecular weight excluding hydrogens is 313 g/mol. The maximum absolute atomic E-state index is 11.1. The van der Waals surface area contributed by atoms with E-state index in [1.165, 1.54) is 0 Å². The van der Waals surface area contributed by atoms with Gasteiger partial charge in [0.05, 0.1) is 10.6 Å². The summed E-state index contributed by atoms with van der Waals surface area (Å²) in [5, 5.41) is 9.49. The van der Waals surface area contributed by atoms with Crippen molar-refractivity contribution in [3.63, 3.8) is 0 Å². The Hall–Kier alpha value is -1.85. The molecule has 1 N–H and O–H groups in total. The number of carboxylic acid groups (broad SMARTS) is 1. The Balaban J connectivity index is 2.27. The fourth-order valence-corrected chi connectivity index (χ4v) is 2.25.